The normalized spacial score (nSPS) is 16.8. The maximum atomic E-state index is 11.9. The van der Waals surface area contributed by atoms with Gasteiger partial charge in [-0.2, -0.15) is 10.1 Å². The van der Waals surface area contributed by atoms with E-state index in [1.165, 1.54) is 4.68 Å². The summed E-state index contributed by atoms with van der Waals surface area (Å²) in [4.78, 5) is 20.6. The van der Waals surface area contributed by atoms with Crippen molar-refractivity contribution in [3.63, 3.8) is 0 Å². The van der Waals surface area contributed by atoms with Crippen LogP contribution in [0, 0.1) is 0 Å². The summed E-state index contributed by atoms with van der Waals surface area (Å²) < 4.78 is 12.0. The van der Waals surface area contributed by atoms with Crippen molar-refractivity contribution in [1.29, 1.82) is 0 Å². The predicted molar refractivity (Wildman–Crippen MR) is 96.3 cm³/mol. The van der Waals surface area contributed by atoms with Crippen molar-refractivity contribution in [2.45, 2.75) is 26.5 Å². The van der Waals surface area contributed by atoms with Crippen LogP contribution < -0.4 is 10.5 Å². The van der Waals surface area contributed by atoms with Gasteiger partial charge in [0, 0.05) is 39.8 Å². The molecule has 1 aliphatic rings. The Labute approximate surface area is 156 Å². The summed E-state index contributed by atoms with van der Waals surface area (Å²) in [6.07, 6.45) is 1.46. The smallest absolute Gasteiger partial charge is 0.287 e. The number of anilines is 1. The monoisotopic (exact) mass is 382 g/mol. The number of nitrogens with zero attached hydrogens (tertiary/aromatic N) is 6. The summed E-state index contributed by atoms with van der Waals surface area (Å²) in [6.45, 7) is 8.10. The second-order valence-electron chi connectivity index (χ2n) is 6.18. The lowest BCUT2D eigenvalue weighted by molar-refractivity contribution is 0.0683. The van der Waals surface area contributed by atoms with Crippen LogP contribution in [0.4, 0.5) is 5.69 Å². The van der Waals surface area contributed by atoms with Crippen LogP contribution in [0.3, 0.4) is 0 Å². The molecule has 1 fully saturated rings. The standard InChI is InChI=1S/C16H23ClN6O3/c1-4-25-11(2)15-19-13(26-20-15)10-22-5-7-23(8-6-22)12-9-18-21(3)16(24)14(12)17/h9,11H,4-8,10H2,1-3H3. The quantitative estimate of drug-likeness (QED) is 0.737. The van der Waals surface area contributed by atoms with Crippen molar-refractivity contribution in [3.8, 4) is 0 Å². The van der Waals surface area contributed by atoms with Gasteiger partial charge in [0.2, 0.25) is 5.89 Å². The highest BCUT2D eigenvalue weighted by Crippen LogP contribution is 2.22. The van der Waals surface area contributed by atoms with Gasteiger partial charge >= 0.3 is 0 Å². The number of aryl methyl sites for hydroxylation is 1. The first kappa shape index (κ1) is 18.8. The molecule has 0 aliphatic carbocycles. The van der Waals surface area contributed by atoms with E-state index >= 15 is 0 Å². The third kappa shape index (κ3) is 4.05. The average Bonchev–Trinajstić information content (AvgIpc) is 3.10. The third-order valence-corrected chi connectivity index (χ3v) is 4.75. The van der Waals surface area contributed by atoms with Crippen LogP contribution in [0.2, 0.25) is 5.02 Å². The van der Waals surface area contributed by atoms with Gasteiger partial charge in [-0.15, -0.1) is 0 Å². The molecule has 1 aliphatic heterocycles. The summed E-state index contributed by atoms with van der Waals surface area (Å²) >= 11 is 6.18. The molecular formula is C16H23ClN6O3. The summed E-state index contributed by atoms with van der Waals surface area (Å²) in [5, 5.41) is 8.25. The highest BCUT2D eigenvalue weighted by atomic mass is 35.5. The lowest BCUT2D eigenvalue weighted by Gasteiger charge is -2.35. The Kier molecular flexibility index (Phi) is 5.90. The van der Waals surface area contributed by atoms with Crippen molar-refractivity contribution in [2.75, 3.05) is 37.7 Å². The van der Waals surface area contributed by atoms with Gasteiger partial charge in [-0.05, 0) is 13.8 Å². The molecule has 26 heavy (non-hydrogen) atoms. The molecule has 0 N–H and O–H groups in total. The SMILES string of the molecule is CCOC(C)c1noc(CN2CCN(c3cnn(C)c(=O)c3Cl)CC2)n1. The van der Waals surface area contributed by atoms with E-state index in [2.05, 4.69) is 25.0 Å². The minimum atomic E-state index is -0.284. The Hall–Kier alpha value is -1.97. The Bertz CT molecular complexity index is 800. The highest BCUT2D eigenvalue weighted by Gasteiger charge is 2.23. The van der Waals surface area contributed by atoms with Crippen LogP contribution in [0.5, 0.6) is 0 Å². The van der Waals surface area contributed by atoms with Crippen LogP contribution in [0.25, 0.3) is 0 Å². The summed E-state index contributed by atoms with van der Waals surface area (Å²) in [5.41, 5.74) is 0.397. The molecule has 2 aromatic heterocycles. The number of rotatable bonds is 6. The maximum absolute atomic E-state index is 11.9. The van der Waals surface area contributed by atoms with Crippen LogP contribution in [-0.4, -0.2) is 57.6 Å². The van der Waals surface area contributed by atoms with Crippen LogP contribution in [0.1, 0.15) is 31.7 Å². The molecule has 0 spiro atoms. The lowest BCUT2D eigenvalue weighted by atomic mass is 10.3. The zero-order chi connectivity index (χ0) is 18.7. The molecule has 1 unspecified atom stereocenters. The van der Waals surface area contributed by atoms with E-state index in [-0.39, 0.29) is 16.7 Å². The van der Waals surface area contributed by atoms with Gasteiger partial charge in [-0.1, -0.05) is 16.8 Å². The Morgan fingerprint density at radius 2 is 2.08 bits per heavy atom. The van der Waals surface area contributed by atoms with E-state index in [0.717, 1.165) is 26.2 Å². The molecular weight excluding hydrogens is 360 g/mol. The number of hydrogen-bond acceptors (Lipinski definition) is 8. The zero-order valence-electron chi connectivity index (χ0n) is 15.2. The van der Waals surface area contributed by atoms with E-state index in [0.29, 0.717) is 30.6 Å². The topological polar surface area (TPSA) is 89.5 Å². The fourth-order valence-corrected chi connectivity index (χ4v) is 3.17. The molecule has 0 amide bonds. The molecule has 2 aromatic rings. The van der Waals surface area contributed by atoms with Crippen molar-refractivity contribution in [1.82, 2.24) is 24.8 Å². The molecule has 3 heterocycles. The number of halogens is 1. The van der Waals surface area contributed by atoms with Gasteiger partial charge in [0.25, 0.3) is 5.56 Å². The molecule has 142 valence electrons. The highest BCUT2D eigenvalue weighted by molar-refractivity contribution is 6.33. The van der Waals surface area contributed by atoms with E-state index in [4.69, 9.17) is 20.9 Å². The molecule has 3 rings (SSSR count). The molecule has 9 nitrogen and oxygen atoms in total. The summed E-state index contributed by atoms with van der Waals surface area (Å²) in [5.74, 6) is 1.15. The van der Waals surface area contributed by atoms with Gasteiger partial charge in [-0.3, -0.25) is 9.69 Å². The Morgan fingerprint density at radius 3 is 2.77 bits per heavy atom. The van der Waals surface area contributed by atoms with Gasteiger partial charge in [0.05, 0.1) is 18.4 Å². The van der Waals surface area contributed by atoms with Crippen LogP contribution >= 0.6 is 11.6 Å². The van der Waals surface area contributed by atoms with Crippen molar-refractivity contribution in [3.05, 3.63) is 33.3 Å². The van der Waals surface area contributed by atoms with Crippen LogP contribution in [-0.2, 0) is 18.3 Å². The molecule has 1 atom stereocenters. The van der Waals surface area contributed by atoms with Gasteiger partial charge in [0.1, 0.15) is 11.1 Å². The van der Waals surface area contributed by atoms with Gasteiger partial charge in [-0.25, -0.2) is 4.68 Å². The second-order valence-corrected chi connectivity index (χ2v) is 6.56. The van der Waals surface area contributed by atoms with Crippen molar-refractivity contribution >= 4 is 17.3 Å². The summed E-state index contributed by atoms with van der Waals surface area (Å²) in [7, 11) is 1.58. The molecule has 1 saturated heterocycles. The Balaban J connectivity index is 1.58. The molecule has 0 aromatic carbocycles. The zero-order valence-corrected chi connectivity index (χ0v) is 15.9. The summed E-state index contributed by atoms with van der Waals surface area (Å²) in [6, 6.07) is 0. The lowest BCUT2D eigenvalue weighted by Crippen LogP contribution is -2.46. The minimum Gasteiger partial charge on any atom is -0.371 e. The third-order valence-electron chi connectivity index (χ3n) is 4.40. The van der Waals surface area contributed by atoms with E-state index in [1.807, 2.05) is 13.8 Å². The van der Waals surface area contributed by atoms with Gasteiger partial charge < -0.3 is 14.2 Å². The van der Waals surface area contributed by atoms with Crippen LogP contribution in [0.15, 0.2) is 15.5 Å². The number of aromatic nitrogens is 4. The van der Waals surface area contributed by atoms with E-state index in [9.17, 15) is 4.79 Å². The largest absolute Gasteiger partial charge is 0.371 e. The minimum absolute atomic E-state index is 0.176. The average molecular weight is 383 g/mol. The maximum Gasteiger partial charge on any atom is 0.287 e. The van der Waals surface area contributed by atoms with Crippen molar-refractivity contribution < 1.29 is 9.26 Å². The number of ether oxygens (including phenoxy) is 1. The first-order valence-corrected chi connectivity index (χ1v) is 9.00. The molecule has 0 radical (unpaired) electrons. The van der Waals surface area contributed by atoms with E-state index < -0.39 is 0 Å². The fraction of sp³-hybridized carbons (Fsp3) is 0.625. The first-order valence-electron chi connectivity index (χ1n) is 8.62. The van der Waals surface area contributed by atoms with E-state index in [1.54, 1.807) is 13.2 Å². The number of hydrogen-bond donors (Lipinski definition) is 0. The predicted octanol–water partition coefficient (Wildman–Crippen LogP) is 1.24. The molecule has 0 bridgehead atoms. The number of piperazine rings is 1. The van der Waals surface area contributed by atoms with Crippen molar-refractivity contribution in [2.24, 2.45) is 7.05 Å². The Morgan fingerprint density at radius 1 is 1.35 bits per heavy atom. The second kappa shape index (κ2) is 8.15. The van der Waals surface area contributed by atoms with Gasteiger partial charge in [0.15, 0.2) is 5.82 Å². The first-order chi connectivity index (χ1) is 12.5. The fourth-order valence-electron chi connectivity index (χ4n) is 2.88. The molecule has 10 heteroatoms. The molecule has 0 saturated carbocycles.